The predicted octanol–water partition coefficient (Wildman–Crippen LogP) is 3.86. The first-order valence-corrected chi connectivity index (χ1v) is 24.4. The second kappa shape index (κ2) is 21.6. The Hall–Kier alpha value is -7.86. The van der Waals surface area contributed by atoms with Crippen LogP contribution in [0.4, 0.5) is 61.0 Å². The van der Waals surface area contributed by atoms with E-state index in [0.717, 1.165) is 43.0 Å². The number of nitrogens with one attached hydrogen (secondary N) is 2. The standard InChI is InChI=1S/C24H27F3N8O4.C24H27F3N8O3/c1-35(38)9-6-33(7-10-35)15-3-5-18(39-24(25,26)27)17(12-15)30-23-29-13-14-2-4-16-20(22(28)37)32-34(8-11-36)21(16)19(14)31-23;1-33-6-8-34(9-7-33)15-3-5-18(38-24(25,26)27)17(12-15)30-23-29-13-14-2-4-16-20(22(28)37)32-35(10-11-36)21(16)19(14)31-23/h3,5,12-13,36H,2,4,6-11H2,1H3,(H2,28,37)(H,29,30,31);3,5,12-13,36H,2,4,6-11H2,1H3,(H2,28,37)(H,29,30,31). The first kappa shape index (κ1) is 53.9. The molecule has 10 rings (SSSR count). The number of likely N-dealkylation sites (N-methyl/N-ethyl adjacent to an activating group) is 2. The average Bonchev–Trinajstić information content (AvgIpc) is 4.03. The van der Waals surface area contributed by atoms with Crippen LogP contribution in [-0.4, -0.2) is 163 Å². The zero-order valence-electron chi connectivity index (χ0n) is 41.7. The SMILES string of the molecule is CN1CCN(c2ccc(OC(F)(F)F)c(Nc3ncc4c(n3)-c3c(c(C(N)=O)nn3CCO)CC4)c2)CC1.C[N+]1([O-])CCN(c2ccc(OC(F)(F)F)c(Nc3ncc4c(n3)-c3c(c(C(N)=O)nn3CCO)CC4)c2)CC1. The summed E-state index contributed by atoms with van der Waals surface area (Å²) >= 11 is 0. The van der Waals surface area contributed by atoms with E-state index in [4.69, 9.17) is 11.5 Å². The highest BCUT2D eigenvalue weighted by molar-refractivity contribution is 5.95. The molecule has 0 spiro atoms. The predicted molar refractivity (Wildman–Crippen MR) is 267 cm³/mol. The molecule has 2 aliphatic heterocycles. The Balaban J connectivity index is 0.000000188. The summed E-state index contributed by atoms with van der Waals surface area (Å²) in [6, 6.07) is 8.66. The van der Waals surface area contributed by atoms with Gasteiger partial charge in [-0.1, -0.05) is 0 Å². The normalized spacial score (nSPS) is 16.0. The summed E-state index contributed by atoms with van der Waals surface area (Å²) < 4.78 is 90.1. The molecule has 2 amide bonds. The average molecular weight is 1080 g/mol. The van der Waals surface area contributed by atoms with Crippen LogP contribution < -0.4 is 41.4 Å². The van der Waals surface area contributed by atoms with Crippen molar-refractivity contribution in [2.24, 2.45) is 11.5 Å². The number of fused-ring (bicyclic) bond motifs is 6. The largest absolute Gasteiger partial charge is 0.633 e. The topological polar surface area (TPSA) is 289 Å². The number of nitrogens with zero attached hydrogens (tertiary/aromatic N) is 12. The number of piperazine rings is 2. The van der Waals surface area contributed by atoms with E-state index in [1.54, 1.807) is 31.6 Å². The van der Waals surface area contributed by atoms with E-state index in [1.165, 1.54) is 33.6 Å². The quantitative estimate of drug-likeness (QED) is 0.0513. The Labute approximate surface area is 435 Å². The van der Waals surface area contributed by atoms with Gasteiger partial charge in [0.1, 0.15) is 0 Å². The molecule has 77 heavy (non-hydrogen) atoms. The van der Waals surface area contributed by atoms with Gasteiger partial charge in [0.15, 0.2) is 22.9 Å². The lowest BCUT2D eigenvalue weighted by Crippen LogP contribution is -2.53. The number of aliphatic hydroxyl groups excluding tert-OH is 2. The molecule has 4 aliphatic rings. The minimum absolute atomic E-state index is 0.00871. The maximum atomic E-state index is 13.2. The van der Waals surface area contributed by atoms with Crippen molar-refractivity contribution in [2.75, 3.05) is 100 Å². The number of nitrogens with two attached hydrogens (primary N) is 2. The molecule has 2 fully saturated rings. The summed E-state index contributed by atoms with van der Waals surface area (Å²) in [6.07, 6.45) is -4.71. The van der Waals surface area contributed by atoms with Gasteiger partial charge < -0.3 is 66.3 Å². The third-order valence-electron chi connectivity index (χ3n) is 13.4. The molecule has 29 heteroatoms. The fraction of sp³-hybridized carbons (Fsp3) is 0.417. The molecule has 0 saturated carbocycles. The van der Waals surface area contributed by atoms with E-state index in [2.05, 4.69) is 60.0 Å². The Kier molecular flexibility index (Phi) is 15.2. The van der Waals surface area contributed by atoms with E-state index in [-0.39, 0.29) is 65.6 Å². The van der Waals surface area contributed by atoms with Crippen LogP contribution in [0.1, 0.15) is 43.2 Å². The molecule has 2 saturated heterocycles. The number of carbonyl (C=O) groups excluding carboxylic acids is 2. The van der Waals surface area contributed by atoms with Crippen molar-refractivity contribution in [3.05, 3.63) is 87.6 Å². The number of aliphatic hydroxyl groups is 2. The van der Waals surface area contributed by atoms with Gasteiger partial charge in [0.2, 0.25) is 11.9 Å². The zero-order chi connectivity index (χ0) is 55.0. The number of alkyl halides is 6. The summed E-state index contributed by atoms with van der Waals surface area (Å²) in [5.74, 6) is -2.27. The fourth-order valence-corrected chi connectivity index (χ4v) is 9.64. The van der Waals surface area contributed by atoms with Crippen LogP contribution in [0.5, 0.6) is 11.5 Å². The maximum Gasteiger partial charge on any atom is 0.573 e. The molecule has 4 aromatic heterocycles. The summed E-state index contributed by atoms with van der Waals surface area (Å²) in [5.41, 5.74) is 17.2. The molecule has 2 aliphatic carbocycles. The van der Waals surface area contributed by atoms with E-state index in [0.29, 0.717) is 91.5 Å². The zero-order valence-corrected chi connectivity index (χ0v) is 41.7. The van der Waals surface area contributed by atoms with Crippen LogP contribution in [0.2, 0.25) is 0 Å². The monoisotopic (exact) mass is 1080 g/mol. The second-order valence-corrected chi connectivity index (χ2v) is 18.8. The van der Waals surface area contributed by atoms with Crippen LogP contribution >= 0.6 is 0 Å². The highest BCUT2D eigenvalue weighted by atomic mass is 19.4. The molecule has 6 heterocycles. The Bertz CT molecular complexity index is 3170. The number of ether oxygens (including phenoxy) is 2. The first-order valence-electron chi connectivity index (χ1n) is 24.4. The minimum atomic E-state index is -4.93. The van der Waals surface area contributed by atoms with Crippen molar-refractivity contribution in [1.29, 1.82) is 0 Å². The molecule has 0 unspecified atom stereocenters. The number of rotatable bonds is 14. The molecule has 8 N–H and O–H groups in total. The van der Waals surface area contributed by atoms with E-state index >= 15 is 0 Å². The number of quaternary nitrogens is 1. The van der Waals surface area contributed by atoms with Gasteiger partial charge in [0, 0.05) is 61.1 Å². The van der Waals surface area contributed by atoms with Gasteiger partial charge in [0.05, 0.1) is 93.7 Å². The van der Waals surface area contributed by atoms with Crippen molar-refractivity contribution in [1.82, 2.24) is 44.4 Å². The lowest BCUT2D eigenvalue weighted by Gasteiger charge is -2.45. The lowest BCUT2D eigenvalue weighted by molar-refractivity contribution is -0.861. The van der Waals surface area contributed by atoms with Crippen molar-refractivity contribution >= 4 is 46.5 Å². The van der Waals surface area contributed by atoms with Crippen LogP contribution in [0.15, 0.2) is 48.8 Å². The minimum Gasteiger partial charge on any atom is -0.633 e. The first-order chi connectivity index (χ1) is 36.6. The summed E-state index contributed by atoms with van der Waals surface area (Å²) in [5, 5.41) is 45.5. The summed E-state index contributed by atoms with van der Waals surface area (Å²) in [7, 11) is 3.60. The maximum absolute atomic E-state index is 13.2. The number of carbonyl (C=O) groups is 2. The van der Waals surface area contributed by atoms with Crippen LogP contribution in [0.25, 0.3) is 22.8 Å². The molecular weight excluding hydrogens is 1030 g/mol. The molecule has 2 aromatic carbocycles. The van der Waals surface area contributed by atoms with Crippen molar-refractivity contribution in [3.63, 3.8) is 0 Å². The van der Waals surface area contributed by atoms with Crippen molar-refractivity contribution in [3.8, 4) is 34.3 Å². The molecule has 0 atom stereocenters. The Morgan fingerprint density at radius 1 is 0.675 bits per heavy atom. The van der Waals surface area contributed by atoms with Gasteiger partial charge >= 0.3 is 12.7 Å². The third-order valence-corrected chi connectivity index (χ3v) is 13.4. The number of hydrogen-bond donors (Lipinski definition) is 6. The highest BCUT2D eigenvalue weighted by Crippen LogP contribution is 2.40. The highest BCUT2D eigenvalue weighted by Gasteiger charge is 2.36. The smallest absolute Gasteiger partial charge is 0.573 e. The van der Waals surface area contributed by atoms with E-state index < -0.39 is 36.0 Å². The Morgan fingerprint density at radius 3 is 1.48 bits per heavy atom. The number of hydrogen-bond acceptors (Lipinski definition) is 18. The van der Waals surface area contributed by atoms with Gasteiger partial charge in [-0.05, 0) is 80.3 Å². The molecule has 410 valence electrons. The number of halogens is 6. The number of benzene rings is 2. The van der Waals surface area contributed by atoms with Crippen molar-refractivity contribution in [2.45, 2.75) is 51.5 Å². The summed E-state index contributed by atoms with van der Waals surface area (Å²) in [4.78, 5) is 47.9. The number of primary amides is 2. The van der Waals surface area contributed by atoms with Crippen LogP contribution in [-0.2, 0) is 38.8 Å². The van der Waals surface area contributed by atoms with Crippen LogP contribution in [0, 0.1) is 5.21 Å². The summed E-state index contributed by atoms with van der Waals surface area (Å²) in [6.45, 7) is 4.39. The molecule has 6 aromatic rings. The number of anilines is 6. The van der Waals surface area contributed by atoms with Gasteiger partial charge in [0.25, 0.3) is 11.8 Å². The Morgan fingerprint density at radius 2 is 1.09 bits per heavy atom. The van der Waals surface area contributed by atoms with E-state index in [1.807, 2.05) is 11.9 Å². The number of aromatic nitrogens is 8. The molecule has 0 bridgehead atoms. The van der Waals surface area contributed by atoms with Gasteiger partial charge in [-0.25, -0.2) is 19.9 Å². The fourth-order valence-electron chi connectivity index (χ4n) is 9.64. The van der Waals surface area contributed by atoms with Crippen molar-refractivity contribution < 1.29 is 60.3 Å². The molecular formula is C48H54F6N16O7. The molecule has 0 radical (unpaired) electrons. The van der Waals surface area contributed by atoms with Gasteiger partial charge in [-0.2, -0.15) is 10.2 Å². The number of hydroxylamine groups is 3. The molecule has 23 nitrogen and oxygen atoms in total. The lowest BCUT2D eigenvalue weighted by atomic mass is 9.93. The second-order valence-electron chi connectivity index (χ2n) is 18.8. The van der Waals surface area contributed by atoms with E-state index in [9.17, 15) is 51.4 Å². The van der Waals surface area contributed by atoms with Gasteiger partial charge in [-0.3, -0.25) is 19.0 Å². The number of amides is 2. The number of aryl methyl sites for hydroxylation is 2. The van der Waals surface area contributed by atoms with Crippen LogP contribution in [0.3, 0.4) is 0 Å². The van der Waals surface area contributed by atoms with Gasteiger partial charge in [-0.15, -0.1) is 26.3 Å². The third kappa shape index (κ3) is 12.2.